The molecule has 0 spiro atoms. The monoisotopic (exact) mass is 322 g/mol. The summed E-state index contributed by atoms with van der Waals surface area (Å²) < 4.78 is 31.3. The van der Waals surface area contributed by atoms with Crippen molar-refractivity contribution in [3.05, 3.63) is 11.5 Å². The van der Waals surface area contributed by atoms with Crippen molar-refractivity contribution in [3.63, 3.8) is 0 Å². The molecular weight excluding hydrogens is 308 g/mol. The van der Waals surface area contributed by atoms with Crippen LogP contribution in [0.5, 0.6) is 0 Å². The van der Waals surface area contributed by atoms with Gasteiger partial charge in [-0.3, -0.25) is 0 Å². The zero-order valence-electron chi connectivity index (χ0n) is 9.81. The zero-order valence-corrected chi connectivity index (χ0v) is 12.2. The average molecular weight is 323 g/mol. The van der Waals surface area contributed by atoms with E-state index in [0.29, 0.717) is 29.4 Å². The highest BCUT2D eigenvalue weighted by atomic mass is 79.9. The Bertz CT molecular complexity index is 484. The number of halogens is 1. The molecule has 2 heterocycles. The quantitative estimate of drug-likeness (QED) is 0.779. The molecule has 0 aromatic carbocycles. The number of hydrogen-bond acceptors (Lipinski definition) is 4. The SMILES string of the molecule is Cc1noc(C)c1S(=O)(=O)N1CCC(Br)CC1. The lowest BCUT2D eigenvalue weighted by atomic mass is 10.2. The van der Waals surface area contributed by atoms with E-state index in [-0.39, 0.29) is 4.90 Å². The summed E-state index contributed by atoms with van der Waals surface area (Å²) in [6.45, 7) is 4.37. The molecule has 0 unspecified atom stereocenters. The van der Waals surface area contributed by atoms with Crippen LogP contribution in [-0.4, -0.2) is 35.8 Å². The van der Waals surface area contributed by atoms with E-state index in [1.54, 1.807) is 13.8 Å². The number of alkyl halides is 1. The number of aryl methyl sites for hydroxylation is 2. The molecule has 1 aliphatic rings. The first kappa shape index (κ1) is 13.0. The number of rotatable bonds is 2. The van der Waals surface area contributed by atoms with Gasteiger partial charge in [0.2, 0.25) is 10.0 Å². The Balaban J connectivity index is 2.31. The average Bonchev–Trinajstić information content (AvgIpc) is 2.59. The van der Waals surface area contributed by atoms with Gasteiger partial charge in [0, 0.05) is 17.9 Å². The third-order valence-corrected chi connectivity index (χ3v) is 6.01. The first-order valence-corrected chi connectivity index (χ1v) is 7.85. The summed E-state index contributed by atoms with van der Waals surface area (Å²) in [5, 5.41) is 3.70. The molecule has 2 rings (SSSR count). The summed E-state index contributed by atoms with van der Waals surface area (Å²) in [6.07, 6.45) is 1.67. The highest BCUT2D eigenvalue weighted by molar-refractivity contribution is 9.09. The molecule has 0 N–H and O–H groups in total. The van der Waals surface area contributed by atoms with Gasteiger partial charge in [0.15, 0.2) is 5.76 Å². The number of nitrogens with zero attached hydrogens (tertiary/aromatic N) is 2. The van der Waals surface area contributed by atoms with Crippen molar-refractivity contribution in [1.82, 2.24) is 9.46 Å². The Hall–Kier alpha value is -0.400. The van der Waals surface area contributed by atoms with Crippen LogP contribution in [0.4, 0.5) is 0 Å². The van der Waals surface area contributed by atoms with Gasteiger partial charge in [-0.2, -0.15) is 4.31 Å². The van der Waals surface area contributed by atoms with E-state index >= 15 is 0 Å². The van der Waals surface area contributed by atoms with Crippen molar-refractivity contribution in [2.24, 2.45) is 0 Å². The van der Waals surface area contributed by atoms with Crippen molar-refractivity contribution in [3.8, 4) is 0 Å². The van der Waals surface area contributed by atoms with Gasteiger partial charge in [0.25, 0.3) is 0 Å². The molecule has 7 heteroatoms. The van der Waals surface area contributed by atoms with Crippen molar-refractivity contribution in [2.45, 2.75) is 36.4 Å². The maximum atomic E-state index is 12.4. The third kappa shape index (κ3) is 2.41. The molecule has 5 nitrogen and oxygen atoms in total. The predicted molar refractivity (Wildman–Crippen MR) is 66.7 cm³/mol. The minimum Gasteiger partial charge on any atom is -0.360 e. The molecule has 96 valence electrons. The van der Waals surface area contributed by atoms with Crippen LogP contribution in [0.15, 0.2) is 9.42 Å². The second kappa shape index (κ2) is 4.70. The molecule has 1 aliphatic heterocycles. The van der Waals surface area contributed by atoms with Crippen LogP contribution >= 0.6 is 15.9 Å². The number of aromatic nitrogens is 1. The number of hydrogen-bond donors (Lipinski definition) is 0. The minimum atomic E-state index is -3.45. The van der Waals surface area contributed by atoms with Crippen LogP contribution in [0.2, 0.25) is 0 Å². The fourth-order valence-electron chi connectivity index (χ4n) is 2.04. The fraction of sp³-hybridized carbons (Fsp3) is 0.700. The lowest BCUT2D eigenvalue weighted by Crippen LogP contribution is -2.39. The van der Waals surface area contributed by atoms with E-state index < -0.39 is 10.0 Å². The summed E-state index contributed by atoms with van der Waals surface area (Å²) in [5.41, 5.74) is 0.434. The van der Waals surface area contributed by atoms with Crippen LogP contribution in [0.25, 0.3) is 0 Å². The molecule has 0 radical (unpaired) electrons. The van der Waals surface area contributed by atoms with Gasteiger partial charge in [0.1, 0.15) is 10.6 Å². The van der Waals surface area contributed by atoms with Crippen LogP contribution in [-0.2, 0) is 10.0 Å². The fourth-order valence-corrected chi connectivity index (χ4v) is 4.21. The van der Waals surface area contributed by atoms with E-state index in [1.807, 2.05) is 0 Å². The lowest BCUT2D eigenvalue weighted by molar-refractivity contribution is 0.352. The molecule has 0 bridgehead atoms. The summed E-state index contributed by atoms with van der Waals surface area (Å²) in [5.74, 6) is 0.364. The molecular formula is C10H15BrN2O3S. The third-order valence-electron chi connectivity index (χ3n) is 2.95. The summed E-state index contributed by atoms with van der Waals surface area (Å²) in [4.78, 5) is 0.643. The smallest absolute Gasteiger partial charge is 0.248 e. The topological polar surface area (TPSA) is 63.4 Å². The predicted octanol–water partition coefficient (Wildman–Crippen LogP) is 1.84. The van der Waals surface area contributed by atoms with Crippen LogP contribution < -0.4 is 0 Å². The van der Waals surface area contributed by atoms with Gasteiger partial charge >= 0.3 is 0 Å². The molecule has 17 heavy (non-hydrogen) atoms. The molecule has 1 saturated heterocycles. The van der Waals surface area contributed by atoms with E-state index in [1.165, 1.54) is 4.31 Å². The molecule has 1 fully saturated rings. The number of sulfonamides is 1. The van der Waals surface area contributed by atoms with Crippen molar-refractivity contribution in [2.75, 3.05) is 13.1 Å². The summed E-state index contributed by atoms with van der Waals surface area (Å²) >= 11 is 3.51. The second-order valence-electron chi connectivity index (χ2n) is 4.23. The Kier molecular flexibility index (Phi) is 3.61. The molecule has 0 aliphatic carbocycles. The summed E-state index contributed by atoms with van der Waals surface area (Å²) in [7, 11) is -3.45. The highest BCUT2D eigenvalue weighted by Crippen LogP contribution is 2.27. The summed E-state index contributed by atoms with van der Waals surface area (Å²) in [6, 6.07) is 0. The van der Waals surface area contributed by atoms with Gasteiger partial charge in [0.05, 0.1) is 0 Å². The van der Waals surface area contributed by atoms with Gasteiger partial charge < -0.3 is 4.52 Å². The molecule has 0 saturated carbocycles. The van der Waals surface area contributed by atoms with E-state index in [0.717, 1.165) is 12.8 Å². The van der Waals surface area contributed by atoms with Gasteiger partial charge in [-0.15, -0.1) is 0 Å². The largest absolute Gasteiger partial charge is 0.360 e. The Morgan fingerprint density at radius 2 is 1.94 bits per heavy atom. The van der Waals surface area contributed by atoms with Gasteiger partial charge in [-0.05, 0) is 26.7 Å². The van der Waals surface area contributed by atoms with Crippen LogP contribution in [0.3, 0.4) is 0 Å². The second-order valence-corrected chi connectivity index (χ2v) is 7.40. The van der Waals surface area contributed by atoms with Crippen LogP contribution in [0, 0.1) is 13.8 Å². The van der Waals surface area contributed by atoms with Gasteiger partial charge in [-0.1, -0.05) is 21.1 Å². The Labute approximate surface area is 109 Å². The van der Waals surface area contributed by atoms with Crippen molar-refractivity contribution in [1.29, 1.82) is 0 Å². The van der Waals surface area contributed by atoms with E-state index in [4.69, 9.17) is 4.52 Å². The lowest BCUT2D eigenvalue weighted by Gasteiger charge is -2.28. The standard InChI is InChI=1S/C10H15BrN2O3S/c1-7-10(8(2)16-12-7)17(14,15)13-5-3-9(11)4-6-13/h9H,3-6H2,1-2H3. The first-order valence-electron chi connectivity index (χ1n) is 5.50. The van der Waals surface area contributed by atoms with Crippen molar-refractivity contribution < 1.29 is 12.9 Å². The van der Waals surface area contributed by atoms with Gasteiger partial charge in [-0.25, -0.2) is 8.42 Å². The molecule has 1 aromatic rings. The van der Waals surface area contributed by atoms with E-state index in [2.05, 4.69) is 21.1 Å². The normalized spacial score (nSPS) is 19.7. The molecule has 0 atom stereocenters. The zero-order chi connectivity index (χ0) is 12.6. The molecule has 0 amide bonds. The molecule has 1 aromatic heterocycles. The Morgan fingerprint density at radius 3 is 2.41 bits per heavy atom. The Morgan fingerprint density at radius 1 is 1.35 bits per heavy atom. The maximum absolute atomic E-state index is 12.4. The maximum Gasteiger partial charge on any atom is 0.248 e. The minimum absolute atomic E-state index is 0.227. The first-order chi connectivity index (χ1) is 7.93. The van der Waals surface area contributed by atoms with Crippen molar-refractivity contribution >= 4 is 26.0 Å². The van der Waals surface area contributed by atoms with Crippen LogP contribution in [0.1, 0.15) is 24.3 Å². The number of piperidine rings is 1. The van der Waals surface area contributed by atoms with E-state index in [9.17, 15) is 8.42 Å². The highest BCUT2D eigenvalue weighted by Gasteiger charge is 2.33.